The van der Waals surface area contributed by atoms with E-state index in [0.717, 1.165) is 6.54 Å². The summed E-state index contributed by atoms with van der Waals surface area (Å²) in [5.41, 5.74) is 9.64. The smallest absolute Gasteiger partial charge is 0.0107 e. The van der Waals surface area contributed by atoms with E-state index >= 15 is 0 Å². The van der Waals surface area contributed by atoms with Crippen LogP contribution in [0.5, 0.6) is 0 Å². The highest BCUT2D eigenvalue weighted by Gasteiger charge is 2.36. The molecule has 2 aliphatic rings. The number of nitrogens with two attached hydrogens (primary N) is 1. The van der Waals surface area contributed by atoms with Crippen LogP contribution in [0.1, 0.15) is 43.2 Å². The maximum atomic E-state index is 6.13. The number of hydrogen-bond donors (Lipinski definition) is 1. The lowest BCUT2D eigenvalue weighted by molar-refractivity contribution is 0.447. The zero-order valence-electron chi connectivity index (χ0n) is 10.4. The van der Waals surface area contributed by atoms with Crippen molar-refractivity contribution in [2.24, 2.45) is 5.73 Å². The Morgan fingerprint density at radius 2 is 2.00 bits per heavy atom. The van der Waals surface area contributed by atoms with Crippen LogP contribution in [0.15, 0.2) is 23.1 Å². The third-order valence-corrected chi connectivity index (χ3v) is 5.67. The fourth-order valence-electron chi connectivity index (χ4n) is 3.52. The summed E-state index contributed by atoms with van der Waals surface area (Å²) in [4.78, 5) is 1.52. The molecule has 0 unspecified atom stereocenters. The molecule has 17 heavy (non-hydrogen) atoms. The van der Waals surface area contributed by atoms with Crippen LogP contribution in [-0.4, -0.2) is 12.3 Å². The number of fused-ring (bicyclic) bond motifs is 1. The van der Waals surface area contributed by atoms with Crippen molar-refractivity contribution in [2.45, 2.75) is 48.8 Å². The molecule has 0 aromatic heterocycles. The fourth-order valence-corrected chi connectivity index (χ4v) is 4.59. The van der Waals surface area contributed by atoms with Gasteiger partial charge in [0.05, 0.1) is 0 Å². The summed E-state index contributed by atoms with van der Waals surface area (Å²) in [6, 6.07) is 6.88. The molecule has 0 amide bonds. The van der Waals surface area contributed by atoms with Gasteiger partial charge in [-0.3, -0.25) is 0 Å². The van der Waals surface area contributed by atoms with Crippen LogP contribution in [0.25, 0.3) is 0 Å². The first-order valence-electron chi connectivity index (χ1n) is 6.81. The monoisotopic (exact) mass is 247 g/mol. The first kappa shape index (κ1) is 11.6. The zero-order valence-corrected chi connectivity index (χ0v) is 11.2. The zero-order chi connectivity index (χ0) is 11.7. The van der Waals surface area contributed by atoms with E-state index in [1.807, 2.05) is 11.8 Å². The molecule has 0 spiro atoms. The normalized spacial score (nSPS) is 22.4. The van der Waals surface area contributed by atoms with Gasteiger partial charge in [0.2, 0.25) is 0 Å². The van der Waals surface area contributed by atoms with Gasteiger partial charge in [-0.1, -0.05) is 25.0 Å². The Bertz CT molecular complexity index is 407. The lowest BCUT2D eigenvalue weighted by atomic mass is 9.76. The Labute approximate surface area is 108 Å². The molecule has 1 saturated carbocycles. The van der Waals surface area contributed by atoms with E-state index in [-0.39, 0.29) is 0 Å². The minimum Gasteiger partial charge on any atom is -0.330 e. The van der Waals surface area contributed by atoms with Gasteiger partial charge in [0.1, 0.15) is 0 Å². The number of benzene rings is 1. The van der Waals surface area contributed by atoms with Gasteiger partial charge < -0.3 is 5.73 Å². The number of hydrogen-bond acceptors (Lipinski definition) is 2. The average Bonchev–Trinajstić information content (AvgIpc) is 2.88. The van der Waals surface area contributed by atoms with Gasteiger partial charge in [-0.2, -0.15) is 0 Å². The van der Waals surface area contributed by atoms with E-state index in [9.17, 15) is 0 Å². The van der Waals surface area contributed by atoms with Crippen molar-refractivity contribution in [3.63, 3.8) is 0 Å². The van der Waals surface area contributed by atoms with Crippen molar-refractivity contribution < 1.29 is 0 Å². The highest BCUT2D eigenvalue weighted by molar-refractivity contribution is 7.99. The first-order valence-corrected chi connectivity index (χ1v) is 7.79. The second kappa shape index (κ2) is 4.66. The van der Waals surface area contributed by atoms with Gasteiger partial charge in [-0.15, -0.1) is 11.8 Å². The molecule has 3 rings (SSSR count). The molecule has 1 heterocycles. The molecule has 1 nitrogen and oxygen atoms in total. The summed E-state index contributed by atoms with van der Waals surface area (Å²) in [5.74, 6) is 1.28. The van der Waals surface area contributed by atoms with Crippen LogP contribution in [0.2, 0.25) is 0 Å². The van der Waals surface area contributed by atoms with E-state index in [4.69, 9.17) is 5.73 Å². The van der Waals surface area contributed by atoms with E-state index in [0.29, 0.717) is 5.41 Å². The third kappa shape index (κ3) is 1.92. The lowest BCUT2D eigenvalue weighted by Crippen LogP contribution is -2.33. The minimum atomic E-state index is 0.309. The van der Waals surface area contributed by atoms with Gasteiger partial charge in [0.25, 0.3) is 0 Å². The lowest BCUT2D eigenvalue weighted by Gasteiger charge is -2.32. The van der Waals surface area contributed by atoms with Crippen LogP contribution in [0.4, 0.5) is 0 Å². The molecule has 0 atom stereocenters. The fraction of sp³-hybridized carbons (Fsp3) is 0.600. The standard InChI is InChI=1S/C15H21NS/c16-11-15(8-1-2-9-15)13-6-3-7-14-12(13)5-4-10-17-14/h3,6-7H,1-2,4-5,8-11,16H2. The van der Waals surface area contributed by atoms with Crippen LogP contribution in [-0.2, 0) is 11.8 Å². The Kier molecular flexibility index (Phi) is 3.18. The van der Waals surface area contributed by atoms with Gasteiger partial charge in [-0.05, 0) is 48.6 Å². The molecule has 0 radical (unpaired) electrons. The van der Waals surface area contributed by atoms with Crippen molar-refractivity contribution in [3.8, 4) is 0 Å². The van der Waals surface area contributed by atoms with Crippen LogP contribution >= 0.6 is 11.8 Å². The highest BCUT2D eigenvalue weighted by atomic mass is 32.2. The van der Waals surface area contributed by atoms with Crippen molar-refractivity contribution in [3.05, 3.63) is 29.3 Å². The summed E-state index contributed by atoms with van der Waals surface area (Å²) in [6.07, 6.45) is 7.90. The van der Waals surface area contributed by atoms with Crippen molar-refractivity contribution >= 4 is 11.8 Å². The Morgan fingerprint density at radius 3 is 2.76 bits per heavy atom. The van der Waals surface area contributed by atoms with Crippen LogP contribution in [0.3, 0.4) is 0 Å². The predicted octanol–water partition coefficient (Wildman–Crippen LogP) is 3.50. The quantitative estimate of drug-likeness (QED) is 0.865. The minimum absolute atomic E-state index is 0.309. The molecule has 1 aromatic carbocycles. The van der Waals surface area contributed by atoms with Crippen molar-refractivity contribution in [2.75, 3.05) is 12.3 Å². The summed E-state index contributed by atoms with van der Waals surface area (Å²) in [7, 11) is 0. The first-order chi connectivity index (χ1) is 8.36. The maximum Gasteiger partial charge on any atom is 0.0107 e. The van der Waals surface area contributed by atoms with Crippen LogP contribution < -0.4 is 5.73 Å². The molecule has 0 saturated heterocycles. The second-order valence-electron chi connectivity index (χ2n) is 5.43. The highest BCUT2D eigenvalue weighted by Crippen LogP contribution is 2.44. The largest absolute Gasteiger partial charge is 0.330 e. The molecule has 1 fully saturated rings. The summed E-state index contributed by atoms with van der Waals surface area (Å²) < 4.78 is 0. The maximum absolute atomic E-state index is 6.13. The van der Waals surface area contributed by atoms with E-state index in [1.54, 1.807) is 11.1 Å². The third-order valence-electron chi connectivity index (χ3n) is 4.48. The van der Waals surface area contributed by atoms with Crippen LogP contribution in [0, 0.1) is 0 Å². The molecular weight excluding hydrogens is 226 g/mol. The van der Waals surface area contributed by atoms with Crippen molar-refractivity contribution in [1.29, 1.82) is 0 Å². The van der Waals surface area contributed by atoms with Gasteiger partial charge in [-0.25, -0.2) is 0 Å². The Balaban J connectivity index is 2.07. The number of thioether (sulfide) groups is 1. The van der Waals surface area contributed by atoms with Gasteiger partial charge in [0.15, 0.2) is 0 Å². The predicted molar refractivity (Wildman–Crippen MR) is 74.7 cm³/mol. The number of rotatable bonds is 2. The molecule has 92 valence electrons. The molecule has 2 N–H and O–H groups in total. The molecule has 0 bridgehead atoms. The molecule has 1 aliphatic heterocycles. The summed E-state index contributed by atoms with van der Waals surface area (Å²) in [6.45, 7) is 0.828. The second-order valence-corrected chi connectivity index (χ2v) is 6.56. The van der Waals surface area contributed by atoms with E-state index in [2.05, 4.69) is 18.2 Å². The summed E-state index contributed by atoms with van der Waals surface area (Å²) in [5, 5.41) is 0. The SMILES string of the molecule is NCC1(c2cccc3c2CCCS3)CCCC1. The molecule has 1 aromatic rings. The van der Waals surface area contributed by atoms with Gasteiger partial charge >= 0.3 is 0 Å². The Morgan fingerprint density at radius 1 is 1.18 bits per heavy atom. The van der Waals surface area contributed by atoms with Gasteiger partial charge in [0, 0.05) is 16.9 Å². The topological polar surface area (TPSA) is 26.0 Å². The average molecular weight is 247 g/mol. The Hall–Kier alpha value is -0.470. The molecular formula is C15H21NS. The van der Waals surface area contributed by atoms with Crippen molar-refractivity contribution in [1.82, 2.24) is 0 Å². The molecule has 1 aliphatic carbocycles. The van der Waals surface area contributed by atoms with E-state index < -0.39 is 0 Å². The summed E-state index contributed by atoms with van der Waals surface area (Å²) >= 11 is 2.03. The molecule has 2 heteroatoms. The van der Waals surface area contributed by atoms with E-state index in [1.165, 1.54) is 49.2 Å².